The number of esters is 1. The molecule has 0 saturated carbocycles. The Balaban J connectivity index is 3.19. The van der Waals surface area contributed by atoms with E-state index >= 15 is 0 Å². The van der Waals surface area contributed by atoms with Gasteiger partial charge in [0.05, 0.1) is 12.7 Å². The van der Waals surface area contributed by atoms with Crippen molar-refractivity contribution in [2.45, 2.75) is 20.4 Å². The number of nitriles is 1. The maximum absolute atomic E-state index is 12.3. The van der Waals surface area contributed by atoms with Crippen LogP contribution in [0, 0.1) is 11.3 Å². The minimum atomic E-state index is -0.683. The van der Waals surface area contributed by atoms with E-state index in [9.17, 15) is 14.4 Å². The van der Waals surface area contributed by atoms with Crippen LogP contribution in [-0.2, 0) is 16.1 Å². The minimum Gasteiger partial charge on any atom is -0.465 e. The second kappa shape index (κ2) is 7.94. The highest BCUT2D eigenvalue weighted by Crippen LogP contribution is 2.04. The first-order valence-electron chi connectivity index (χ1n) is 6.99. The summed E-state index contributed by atoms with van der Waals surface area (Å²) in [5.41, 5.74) is 0.0107. The molecule has 7 heteroatoms. The van der Waals surface area contributed by atoms with E-state index in [1.807, 2.05) is 6.92 Å². The van der Waals surface area contributed by atoms with Gasteiger partial charge in [-0.05, 0) is 19.9 Å². The van der Waals surface area contributed by atoms with Gasteiger partial charge in [-0.15, -0.1) is 0 Å². The lowest BCUT2D eigenvalue weighted by Gasteiger charge is -2.21. The first-order chi connectivity index (χ1) is 10.8. The molecule has 0 N–H and O–H groups in total. The molecule has 7 nitrogen and oxygen atoms in total. The zero-order valence-corrected chi connectivity index (χ0v) is 13.5. The van der Waals surface area contributed by atoms with Crippen LogP contribution in [0.1, 0.15) is 29.8 Å². The summed E-state index contributed by atoms with van der Waals surface area (Å²) in [6.45, 7) is 7.95. The molecule has 0 bridgehead atoms. The van der Waals surface area contributed by atoms with Crippen LogP contribution in [0.25, 0.3) is 0 Å². The number of pyridine rings is 1. The standard InChI is InChI=1S/C16H19N3O4/c1-5-18(8-11(2)3)14(20)10-19-9-13(16(22)23-4)6-12(7-17)15(19)21/h6,9H,2,5,8,10H2,1,3-4H3. The maximum Gasteiger partial charge on any atom is 0.339 e. The molecule has 23 heavy (non-hydrogen) atoms. The second-order valence-corrected chi connectivity index (χ2v) is 5.04. The molecule has 1 amide bonds. The molecule has 0 aliphatic carbocycles. The number of aromatic nitrogens is 1. The van der Waals surface area contributed by atoms with Crippen molar-refractivity contribution < 1.29 is 14.3 Å². The monoisotopic (exact) mass is 317 g/mol. The Kier molecular flexibility index (Phi) is 6.27. The van der Waals surface area contributed by atoms with E-state index < -0.39 is 11.5 Å². The SMILES string of the molecule is C=C(C)CN(CC)C(=O)Cn1cc(C(=O)OC)cc(C#N)c1=O. The molecule has 0 aromatic carbocycles. The fourth-order valence-corrected chi connectivity index (χ4v) is 2.01. The molecule has 0 aliphatic heterocycles. The average molecular weight is 317 g/mol. The Bertz CT molecular complexity index is 728. The number of methoxy groups -OCH3 is 1. The summed E-state index contributed by atoms with van der Waals surface area (Å²) in [6, 6.07) is 2.88. The van der Waals surface area contributed by atoms with Gasteiger partial charge in [0.25, 0.3) is 5.56 Å². The smallest absolute Gasteiger partial charge is 0.339 e. The van der Waals surface area contributed by atoms with Crippen molar-refractivity contribution in [3.05, 3.63) is 45.9 Å². The van der Waals surface area contributed by atoms with Gasteiger partial charge in [0.15, 0.2) is 0 Å². The Morgan fingerprint density at radius 2 is 2.13 bits per heavy atom. The topological polar surface area (TPSA) is 92.4 Å². The van der Waals surface area contributed by atoms with Crippen molar-refractivity contribution >= 4 is 11.9 Å². The molecule has 0 fully saturated rings. The number of hydrogen-bond acceptors (Lipinski definition) is 5. The zero-order valence-electron chi connectivity index (χ0n) is 13.5. The second-order valence-electron chi connectivity index (χ2n) is 5.04. The van der Waals surface area contributed by atoms with Crippen molar-refractivity contribution in [1.82, 2.24) is 9.47 Å². The van der Waals surface area contributed by atoms with Gasteiger partial charge < -0.3 is 14.2 Å². The summed E-state index contributed by atoms with van der Waals surface area (Å²) in [6.07, 6.45) is 1.22. The van der Waals surface area contributed by atoms with Gasteiger partial charge in [-0.2, -0.15) is 5.26 Å². The molecular formula is C16H19N3O4. The van der Waals surface area contributed by atoms with Crippen molar-refractivity contribution in [3.63, 3.8) is 0 Å². The van der Waals surface area contributed by atoms with E-state index in [2.05, 4.69) is 11.3 Å². The minimum absolute atomic E-state index is 0.0411. The maximum atomic E-state index is 12.3. The van der Waals surface area contributed by atoms with E-state index in [0.29, 0.717) is 13.1 Å². The lowest BCUT2D eigenvalue weighted by Crippen LogP contribution is -2.37. The largest absolute Gasteiger partial charge is 0.465 e. The molecule has 0 spiro atoms. The summed E-state index contributed by atoms with van der Waals surface area (Å²) in [4.78, 5) is 37.6. The predicted molar refractivity (Wildman–Crippen MR) is 83.8 cm³/mol. The van der Waals surface area contributed by atoms with Crippen molar-refractivity contribution in [2.24, 2.45) is 0 Å². The van der Waals surface area contributed by atoms with E-state index in [4.69, 9.17) is 5.26 Å². The number of carbonyl (C=O) groups is 2. The molecule has 1 aromatic rings. The summed E-state index contributed by atoms with van der Waals surface area (Å²) < 4.78 is 5.64. The first-order valence-corrected chi connectivity index (χ1v) is 6.99. The Hall–Kier alpha value is -2.88. The van der Waals surface area contributed by atoms with Gasteiger partial charge in [0.1, 0.15) is 18.2 Å². The number of hydrogen-bond donors (Lipinski definition) is 0. The molecular weight excluding hydrogens is 298 g/mol. The van der Waals surface area contributed by atoms with Gasteiger partial charge in [-0.1, -0.05) is 12.2 Å². The van der Waals surface area contributed by atoms with Gasteiger partial charge in [0, 0.05) is 19.3 Å². The predicted octanol–water partition coefficient (Wildman–Crippen LogP) is 0.931. The fraction of sp³-hybridized carbons (Fsp3) is 0.375. The van der Waals surface area contributed by atoms with Crippen LogP contribution < -0.4 is 5.56 Å². The highest BCUT2D eigenvalue weighted by molar-refractivity contribution is 5.89. The van der Waals surface area contributed by atoms with Crippen molar-refractivity contribution in [1.29, 1.82) is 5.26 Å². The summed E-state index contributed by atoms with van der Waals surface area (Å²) >= 11 is 0. The number of rotatable bonds is 6. The lowest BCUT2D eigenvalue weighted by molar-refractivity contribution is -0.131. The summed E-state index contributed by atoms with van der Waals surface area (Å²) in [5, 5.41) is 9.01. The molecule has 0 radical (unpaired) electrons. The third kappa shape index (κ3) is 4.54. The Morgan fingerprint density at radius 3 is 2.61 bits per heavy atom. The number of carbonyl (C=O) groups excluding carboxylic acids is 2. The molecule has 0 aliphatic rings. The van der Waals surface area contributed by atoms with E-state index in [-0.39, 0.29) is 23.6 Å². The molecule has 122 valence electrons. The van der Waals surface area contributed by atoms with Gasteiger partial charge >= 0.3 is 5.97 Å². The Morgan fingerprint density at radius 1 is 1.48 bits per heavy atom. The van der Waals surface area contributed by atoms with E-state index in [0.717, 1.165) is 16.2 Å². The Labute approximate surface area is 134 Å². The molecule has 1 heterocycles. The van der Waals surface area contributed by atoms with Crippen molar-refractivity contribution in [2.75, 3.05) is 20.2 Å². The quantitative estimate of drug-likeness (QED) is 0.575. The molecule has 0 unspecified atom stereocenters. The van der Waals surface area contributed by atoms with Crippen LogP contribution in [0.4, 0.5) is 0 Å². The molecule has 1 rings (SSSR count). The van der Waals surface area contributed by atoms with Crippen LogP contribution in [0.5, 0.6) is 0 Å². The average Bonchev–Trinajstić information content (AvgIpc) is 2.53. The van der Waals surface area contributed by atoms with Crippen LogP contribution in [0.15, 0.2) is 29.2 Å². The number of amides is 1. The van der Waals surface area contributed by atoms with Gasteiger partial charge in [-0.25, -0.2) is 4.79 Å². The highest BCUT2D eigenvalue weighted by atomic mass is 16.5. The fourth-order valence-electron chi connectivity index (χ4n) is 2.01. The van der Waals surface area contributed by atoms with Crippen LogP contribution in [-0.4, -0.2) is 41.5 Å². The number of likely N-dealkylation sites (N-methyl/N-ethyl adjacent to an activating group) is 1. The summed E-state index contributed by atoms with van der Waals surface area (Å²) in [5.74, 6) is -0.986. The molecule has 0 atom stereocenters. The highest BCUT2D eigenvalue weighted by Gasteiger charge is 2.17. The van der Waals surface area contributed by atoms with Crippen LogP contribution >= 0.6 is 0 Å². The number of nitrogens with zero attached hydrogens (tertiary/aromatic N) is 3. The third-order valence-electron chi connectivity index (χ3n) is 3.13. The summed E-state index contributed by atoms with van der Waals surface area (Å²) in [7, 11) is 1.20. The van der Waals surface area contributed by atoms with Crippen LogP contribution in [0.2, 0.25) is 0 Å². The number of ether oxygens (including phenoxy) is 1. The molecule has 1 aromatic heterocycles. The lowest BCUT2D eigenvalue weighted by atomic mass is 10.2. The van der Waals surface area contributed by atoms with Crippen molar-refractivity contribution in [3.8, 4) is 6.07 Å². The van der Waals surface area contributed by atoms with E-state index in [1.54, 1.807) is 13.0 Å². The molecule has 0 saturated heterocycles. The first kappa shape index (κ1) is 18.2. The van der Waals surface area contributed by atoms with Gasteiger partial charge in [-0.3, -0.25) is 9.59 Å². The van der Waals surface area contributed by atoms with Crippen LogP contribution in [0.3, 0.4) is 0 Å². The third-order valence-corrected chi connectivity index (χ3v) is 3.13. The zero-order chi connectivity index (χ0) is 17.6. The van der Waals surface area contributed by atoms with Gasteiger partial charge in [0.2, 0.25) is 5.91 Å². The normalized spacial score (nSPS) is 9.83. The van der Waals surface area contributed by atoms with E-state index in [1.165, 1.54) is 18.2 Å².